The van der Waals surface area contributed by atoms with Crippen molar-refractivity contribution < 1.29 is 19.0 Å². The number of benzene rings is 2. The fourth-order valence-corrected chi connectivity index (χ4v) is 4.83. The third kappa shape index (κ3) is 4.15. The molecule has 1 atom stereocenters. The van der Waals surface area contributed by atoms with E-state index in [0.717, 1.165) is 0 Å². The van der Waals surface area contributed by atoms with Crippen molar-refractivity contribution in [2.45, 2.75) is 36.9 Å². The van der Waals surface area contributed by atoms with Gasteiger partial charge in [-0.1, -0.05) is 41.4 Å². The molecule has 0 aliphatic carbocycles. The number of nitrogens with zero attached hydrogens (tertiary/aromatic N) is 1. The third-order valence-electron chi connectivity index (χ3n) is 6.03. The number of ether oxygens (including phenoxy) is 1. The molecule has 2 aromatic carbocycles. The average molecular weight is 438 g/mol. The first-order chi connectivity index (χ1) is 13.8. The van der Waals surface area contributed by atoms with Crippen molar-refractivity contribution in [3.63, 3.8) is 0 Å². The van der Waals surface area contributed by atoms with Gasteiger partial charge >= 0.3 is 0 Å². The quantitative estimate of drug-likeness (QED) is 0.776. The van der Waals surface area contributed by atoms with Crippen LogP contribution >= 0.6 is 23.2 Å². The number of aliphatic hydroxyl groups is 1. The van der Waals surface area contributed by atoms with E-state index in [-0.39, 0.29) is 24.8 Å². The van der Waals surface area contributed by atoms with Crippen molar-refractivity contribution in [1.82, 2.24) is 4.90 Å². The van der Waals surface area contributed by atoms with E-state index < -0.39 is 11.2 Å². The second-order valence-electron chi connectivity index (χ2n) is 7.94. The first-order valence-corrected chi connectivity index (χ1v) is 10.4. The number of likely N-dealkylation sites (tertiary alicyclic amines) is 1. The van der Waals surface area contributed by atoms with E-state index in [2.05, 4.69) is 0 Å². The Balaban J connectivity index is 1.39. The Labute approximate surface area is 179 Å². The van der Waals surface area contributed by atoms with Crippen molar-refractivity contribution in [2.75, 3.05) is 19.7 Å². The van der Waals surface area contributed by atoms with Crippen molar-refractivity contribution in [3.05, 3.63) is 69.5 Å². The van der Waals surface area contributed by atoms with Gasteiger partial charge in [0.15, 0.2) is 0 Å². The molecule has 0 radical (unpaired) electrons. The Kier molecular flexibility index (Phi) is 5.60. The van der Waals surface area contributed by atoms with Crippen LogP contribution in [0.5, 0.6) is 0 Å². The predicted molar refractivity (Wildman–Crippen MR) is 110 cm³/mol. The lowest BCUT2D eigenvalue weighted by Crippen LogP contribution is -2.47. The summed E-state index contributed by atoms with van der Waals surface area (Å²) in [6.45, 7) is 1.25. The highest BCUT2D eigenvalue weighted by Gasteiger charge is 2.50. The van der Waals surface area contributed by atoms with Crippen LogP contribution in [-0.2, 0) is 21.6 Å². The highest BCUT2D eigenvalue weighted by atomic mass is 35.5. The summed E-state index contributed by atoms with van der Waals surface area (Å²) in [5.41, 5.74) is -0.307. The van der Waals surface area contributed by atoms with Crippen molar-refractivity contribution >= 4 is 29.1 Å². The van der Waals surface area contributed by atoms with Crippen LogP contribution in [0.15, 0.2) is 42.5 Å². The monoisotopic (exact) mass is 437 g/mol. The molecular formula is C22H22Cl2FNO3. The summed E-state index contributed by atoms with van der Waals surface area (Å²) >= 11 is 12.4. The minimum Gasteiger partial charge on any atom is -0.383 e. The molecule has 0 saturated carbocycles. The zero-order chi connectivity index (χ0) is 20.6. The van der Waals surface area contributed by atoms with E-state index in [1.165, 1.54) is 12.1 Å². The number of carbonyl (C=O) groups excluding carboxylic acids is 1. The maximum Gasteiger partial charge on any atom is 0.227 e. The molecule has 4 nitrogen and oxygen atoms in total. The lowest BCUT2D eigenvalue weighted by Gasteiger charge is -2.39. The Hall–Kier alpha value is -1.66. The Morgan fingerprint density at radius 2 is 1.72 bits per heavy atom. The fraction of sp³-hybridized carbons (Fsp3) is 0.409. The normalized spacial score (nSPS) is 23.5. The lowest BCUT2D eigenvalue weighted by atomic mass is 9.80. The maximum absolute atomic E-state index is 13.2. The number of carbonyl (C=O) groups is 1. The number of piperidine rings is 1. The molecule has 2 aromatic rings. The van der Waals surface area contributed by atoms with Gasteiger partial charge in [-0.15, -0.1) is 0 Å². The van der Waals surface area contributed by atoms with Crippen LogP contribution in [0.2, 0.25) is 10.0 Å². The number of hydrogen-bond donors (Lipinski definition) is 1. The summed E-state index contributed by atoms with van der Waals surface area (Å²) < 4.78 is 19.2. The van der Waals surface area contributed by atoms with E-state index in [1.54, 1.807) is 35.2 Å². The van der Waals surface area contributed by atoms with Crippen LogP contribution < -0.4 is 0 Å². The number of halogens is 3. The summed E-state index contributed by atoms with van der Waals surface area (Å²) in [6, 6.07) is 11.1. The van der Waals surface area contributed by atoms with Crippen molar-refractivity contribution in [1.29, 1.82) is 0 Å². The number of hydrogen-bond acceptors (Lipinski definition) is 3. The van der Waals surface area contributed by atoms with E-state index in [9.17, 15) is 14.3 Å². The number of amides is 1. The van der Waals surface area contributed by atoms with E-state index in [4.69, 9.17) is 27.9 Å². The molecule has 1 spiro atoms. The van der Waals surface area contributed by atoms with Gasteiger partial charge in [-0.2, -0.15) is 0 Å². The highest BCUT2D eigenvalue weighted by Crippen LogP contribution is 2.45. The van der Waals surface area contributed by atoms with Gasteiger partial charge < -0.3 is 14.7 Å². The largest absolute Gasteiger partial charge is 0.383 e. The molecule has 1 amide bonds. The summed E-state index contributed by atoms with van der Waals surface area (Å²) in [4.78, 5) is 14.5. The summed E-state index contributed by atoms with van der Waals surface area (Å²) in [5, 5.41) is 12.0. The van der Waals surface area contributed by atoms with Gasteiger partial charge in [0.05, 0.1) is 18.6 Å². The summed E-state index contributed by atoms with van der Waals surface area (Å²) in [7, 11) is 0. The first kappa shape index (κ1) is 20.6. The molecule has 2 heterocycles. The van der Waals surface area contributed by atoms with Crippen LogP contribution in [0.25, 0.3) is 0 Å². The SMILES string of the molecule is O=C(Cc1c(Cl)cccc1Cl)N1CCC2(CC1)CC(O)(c1ccc(F)cc1)CO2. The molecule has 7 heteroatoms. The molecule has 29 heavy (non-hydrogen) atoms. The standard InChI is InChI=1S/C22H22Cl2FNO3/c23-18-2-1-3-19(24)17(18)12-20(27)26-10-8-21(9-11-26)13-22(28,14-29-21)15-4-6-16(25)7-5-15/h1-7,28H,8-14H2. The molecule has 2 aliphatic heterocycles. The average Bonchev–Trinajstić information content (AvgIpc) is 3.03. The lowest BCUT2D eigenvalue weighted by molar-refractivity contribution is -0.135. The zero-order valence-electron chi connectivity index (χ0n) is 15.8. The fourth-order valence-electron chi connectivity index (χ4n) is 4.30. The summed E-state index contributed by atoms with van der Waals surface area (Å²) in [6.07, 6.45) is 1.87. The molecule has 0 aromatic heterocycles. The molecule has 154 valence electrons. The molecule has 0 bridgehead atoms. The minimum absolute atomic E-state index is 0.0263. The number of rotatable bonds is 3. The minimum atomic E-state index is -1.13. The Morgan fingerprint density at radius 3 is 2.34 bits per heavy atom. The van der Waals surface area contributed by atoms with E-state index in [0.29, 0.717) is 53.5 Å². The van der Waals surface area contributed by atoms with Gasteiger partial charge in [0.2, 0.25) is 5.91 Å². The molecule has 2 aliphatic rings. The second kappa shape index (κ2) is 7.88. The van der Waals surface area contributed by atoms with Gasteiger partial charge in [-0.25, -0.2) is 4.39 Å². The zero-order valence-corrected chi connectivity index (χ0v) is 17.3. The second-order valence-corrected chi connectivity index (χ2v) is 8.76. The topological polar surface area (TPSA) is 49.8 Å². The third-order valence-corrected chi connectivity index (χ3v) is 6.74. The molecule has 2 fully saturated rings. The van der Waals surface area contributed by atoms with E-state index in [1.807, 2.05) is 0 Å². The van der Waals surface area contributed by atoms with Crippen LogP contribution in [0.3, 0.4) is 0 Å². The Morgan fingerprint density at radius 1 is 1.10 bits per heavy atom. The van der Waals surface area contributed by atoms with Gasteiger partial charge in [0, 0.05) is 29.6 Å². The smallest absolute Gasteiger partial charge is 0.227 e. The summed E-state index contributed by atoms with van der Waals surface area (Å²) in [5.74, 6) is -0.363. The Bertz CT molecular complexity index is 893. The van der Waals surface area contributed by atoms with Gasteiger partial charge in [-0.3, -0.25) is 4.79 Å². The van der Waals surface area contributed by atoms with Gasteiger partial charge in [0.1, 0.15) is 11.4 Å². The first-order valence-electron chi connectivity index (χ1n) is 9.63. The van der Waals surface area contributed by atoms with Gasteiger partial charge in [0.25, 0.3) is 0 Å². The van der Waals surface area contributed by atoms with Crippen LogP contribution in [-0.4, -0.2) is 41.2 Å². The molecule has 1 unspecified atom stereocenters. The molecular weight excluding hydrogens is 416 g/mol. The van der Waals surface area contributed by atoms with Crippen molar-refractivity contribution in [3.8, 4) is 0 Å². The van der Waals surface area contributed by atoms with Crippen LogP contribution in [0, 0.1) is 5.82 Å². The van der Waals surface area contributed by atoms with Crippen molar-refractivity contribution in [2.24, 2.45) is 0 Å². The predicted octanol–water partition coefficient (Wildman–Crippen LogP) is 4.34. The highest BCUT2D eigenvalue weighted by molar-refractivity contribution is 6.36. The van der Waals surface area contributed by atoms with Crippen LogP contribution in [0.1, 0.15) is 30.4 Å². The van der Waals surface area contributed by atoms with Crippen LogP contribution in [0.4, 0.5) is 4.39 Å². The molecule has 1 N–H and O–H groups in total. The molecule has 4 rings (SSSR count). The molecule has 2 saturated heterocycles. The van der Waals surface area contributed by atoms with Gasteiger partial charge in [-0.05, 0) is 48.2 Å². The maximum atomic E-state index is 13.2. The van der Waals surface area contributed by atoms with E-state index >= 15 is 0 Å².